The Hall–Kier alpha value is -2.69. The van der Waals surface area contributed by atoms with Gasteiger partial charge in [0.2, 0.25) is 0 Å². The first-order valence-electron chi connectivity index (χ1n) is 8.71. The van der Waals surface area contributed by atoms with Crippen LogP contribution in [0.4, 0.5) is 5.69 Å². The Morgan fingerprint density at radius 2 is 1.50 bits per heavy atom. The second kappa shape index (κ2) is 7.68. The number of benzene rings is 2. The van der Waals surface area contributed by atoms with Crippen LogP contribution in [0, 0.1) is 36.5 Å². The summed E-state index contributed by atoms with van der Waals surface area (Å²) >= 11 is 6.25. The first-order valence-corrected chi connectivity index (χ1v) is 9.09. The van der Waals surface area contributed by atoms with Crippen molar-refractivity contribution < 1.29 is 4.74 Å². The zero-order chi connectivity index (χ0) is 18.7. The lowest BCUT2D eigenvalue weighted by Crippen LogP contribution is -2.29. The van der Waals surface area contributed by atoms with Gasteiger partial charge in [-0.15, -0.1) is 0 Å². The summed E-state index contributed by atoms with van der Waals surface area (Å²) in [4.78, 5) is 2.23. The van der Waals surface area contributed by atoms with Crippen molar-refractivity contribution in [1.82, 2.24) is 0 Å². The summed E-state index contributed by atoms with van der Waals surface area (Å²) < 4.78 is 6.16. The minimum atomic E-state index is 0.325. The molecule has 0 unspecified atom stereocenters. The van der Waals surface area contributed by atoms with Crippen LogP contribution in [0.1, 0.15) is 41.5 Å². The summed E-state index contributed by atoms with van der Waals surface area (Å²) in [6, 6.07) is 11.4. The van der Waals surface area contributed by atoms with Crippen LogP contribution in [0.3, 0.4) is 0 Å². The van der Waals surface area contributed by atoms with Gasteiger partial charge in [0, 0.05) is 24.2 Å². The molecule has 1 fully saturated rings. The monoisotopic (exact) mass is 365 g/mol. The maximum Gasteiger partial charge on any atom is 0.152 e. The molecule has 0 aliphatic carbocycles. The highest BCUT2D eigenvalue weighted by Gasteiger charge is 2.19. The van der Waals surface area contributed by atoms with Crippen LogP contribution >= 0.6 is 11.6 Å². The van der Waals surface area contributed by atoms with Crippen LogP contribution in [0.5, 0.6) is 11.5 Å². The highest BCUT2D eigenvalue weighted by Crippen LogP contribution is 2.37. The third-order valence-electron chi connectivity index (χ3n) is 4.67. The van der Waals surface area contributed by atoms with Crippen molar-refractivity contribution in [3.63, 3.8) is 0 Å². The molecule has 0 amide bonds. The lowest BCUT2D eigenvalue weighted by molar-refractivity contribution is 0.476. The molecule has 2 aromatic carbocycles. The van der Waals surface area contributed by atoms with Gasteiger partial charge in [0.05, 0.1) is 16.8 Å². The van der Waals surface area contributed by atoms with Crippen LogP contribution in [-0.2, 0) is 0 Å². The van der Waals surface area contributed by atoms with Crippen molar-refractivity contribution in [2.45, 2.75) is 33.1 Å². The highest BCUT2D eigenvalue weighted by molar-refractivity contribution is 6.32. The number of nitriles is 2. The maximum atomic E-state index is 9.38. The lowest BCUT2D eigenvalue weighted by Gasteiger charge is -2.30. The van der Waals surface area contributed by atoms with Gasteiger partial charge in [0.15, 0.2) is 5.75 Å². The van der Waals surface area contributed by atoms with Crippen LogP contribution < -0.4 is 9.64 Å². The van der Waals surface area contributed by atoms with E-state index in [1.807, 2.05) is 26.0 Å². The van der Waals surface area contributed by atoms with E-state index in [9.17, 15) is 10.5 Å². The largest absolute Gasteiger partial charge is 0.455 e. The Labute approximate surface area is 159 Å². The van der Waals surface area contributed by atoms with Crippen molar-refractivity contribution in [2.75, 3.05) is 18.0 Å². The Bertz CT molecular complexity index is 895. The normalized spacial score (nSPS) is 13.8. The number of hydrogen-bond acceptors (Lipinski definition) is 4. The first kappa shape index (κ1) is 18.1. The second-order valence-corrected chi connectivity index (χ2v) is 6.99. The molecule has 0 N–H and O–H groups in total. The van der Waals surface area contributed by atoms with E-state index in [1.165, 1.54) is 6.42 Å². The quantitative estimate of drug-likeness (QED) is 0.722. The van der Waals surface area contributed by atoms with Crippen molar-refractivity contribution >= 4 is 17.3 Å². The first-order chi connectivity index (χ1) is 12.5. The summed E-state index contributed by atoms with van der Waals surface area (Å²) in [5.41, 5.74) is 3.45. The molecule has 4 nitrogen and oxygen atoms in total. The minimum absolute atomic E-state index is 0.325. The number of anilines is 1. The molecular weight excluding hydrogens is 346 g/mol. The van der Waals surface area contributed by atoms with Gasteiger partial charge in [-0.3, -0.25) is 0 Å². The lowest BCUT2D eigenvalue weighted by atomic mass is 10.0. The fourth-order valence-electron chi connectivity index (χ4n) is 3.31. The molecule has 0 spiro atoms. The number of nitrogens with zero attached hydrogens (tertiary/aromatic N) is 3. The number of aryl methyl sites for hydroxylation is 2. The standard InChI is InChI=1S/C21H20ClN3O/c1-14-8-18(9-15(2)21(14)22)26-20-11-17(13-24)16(12-23)10-19(20)25-6-4-3-5-7-25/h8-11H,3-7H2,1-2H3. The van der Waals surface area contributed by atoms with Gasteiger partial charge in [-0.25, -0.2) is 0 Å². The molecule has 0 saturated carbocycles. The SMILES string of the molecule is Cc1cc(Oc2cc(C#N)c(C#N)cc2N2CCCCC2)cc(C)c1Cl. The molecule has 1 saturated heterocycles. The smallest absolute Gasteiger partial charge is 0.152 e. The van der Waals surface area contributed by atoms with E-state index in [4.69, 9.17) is 16.3 Å². The van der Waals surface area contributed by atoms with Gasteiger partial charge in [0.25, 0.3) is 0 Å². The van der Waals surface area contributed by atoms with Crippen molar-refractivity contribution in [3.05, 3.63) is 51.5 Å². The van der Waals surface area contributed by atoms with Crippen molar-refractivity contribution in [2.24, 2.45) is 0 Å². The predicted molar refractivity (Wildman–Crippen MR) is 103 cm³/mol. The topological polar surface area (TPSA) is 60.0 Å². The average Bonchev–Trinajstić information content (AvgIpc) is 2.66. The molecule has 0 atom stereocenters. The Morgan fingerprint density at radius 3 is 2.08 bits per heavy atom. The zero-order valence-electron chi connectivity index (χ0n) is 15.0. The second-order valence-electron chi connectivity index (χ2n) is 6.61. The molecule has 5 heteroatoms. The molecule has 0 bridgehead atoms. The predicted octanol–water partition coefficient (Wildman–Crippen LogP) is 5.48. The van der Waals surface area contributed by atoms with E-state index >= 15 is 0 Å². The van der Waals surface area contributed by atoms with Gasteiger partial charge in [0.1, 0.15) is 17.9 Å². The van der Waals surface area contributed by atoms with E-state index in [0.29, 0.717) is 22.6 Å². The molecule has 26 heavy (non-hydrogen) atoms. The molecule has 1 heterocycles. The van der Waals surface area contributed by atoms with Gasteiger partial charge in [-0.1, -0.05) is 11.6 Å². The third kappa shape index (κ3) is 3.62. The molecule has 1 aliphatic rings. The van der Waals surface area contributed by atoms with Crippen molar-refractivity contribution in [3.8, 4) is 23.6 Å². The molecule has 2 aromatic rings. The molecule has 3 rings (SSSR count). The van der Waals surface area contributed by atoms with Crippen LogP contribution in [0.2, 0.25) is 5.02 Å². The number of ether oxygens (including phenoxy) is 1. The Kier molecular flexibility index (Phi) is 5.35. The fraction of sp³-hybridized carbons (Fsp3) is 0.333. The number of halogens is 1. The Morgan fingerprint density at radius 1 is 0.923 bits per heavy atom. The number of hydrogen-bond donors (Lipinski definition) is 0. The van der Waals surface area contributed by atoms with Gasteiger partial charge >= 0.3 is 0 Å². The van der Waals surface area contributed by atoms with Gasteiger partial charge < -0.3 is 9.64 Å². The summed E-state index contributed by atoms with van der Waals surface area (Å²) in [6.45, 7) is 5.72. The molecule has 0 aromatic heterocycles. The summed E-state index contributed by atoms with van der Waals surface area (Å²) in [5.74, 6) is 1.28. The van der Waals surface area contributed by atoms with Crippen LogP contribution in [0.25, 0.3) is 0 Å². The molecule has 132 valence electrons. The van der Waals surface area contributed by atoms with E-state index in [1.54, 1.807) is 12.1 Å². The third-order valence-corrected chi connectivity index (χ3v) is 5.27. The van der Waals surface area contributed by atoms with Crippen molar-refractivity contribution in [1.29, 1.82) is 10.5 Å². The highest BCUT2D eigenvalue weighted by atomic mass is 35.5. The molecule has 0 radical (unpaired) electrons. The minimum Gasteiger partial charge on any atom is -0.455 e. The Balaban J connectivity index is 2.07. The van der Waals surface area contributed by atoms with E-state index in [-0.39, 0.29) is 0 Å². The fourth-order valence-corrected chi connectivity index (χ4v) is 3.42. The van der Waals surface area contributed by atoms with E-state index in [0.717, 1.165) is 47.8 Å². The summed E-state index contributed by atoms with van der Waals surface area (Å²) in [6.07, 6.45) is 3.44. The van der Waals surface area contributed by atoms with Gasteiger partial charge in [-0.2, -0.15) is 10.5 Å². The zero-order valence-corrected chi connectivity index (χ0v) is 15.7. The summed E-state index contributed by atoms with van der Waals surface area (Å²) in [7, 11) is 0. The molecule has 1 aliphatic heterocycles. The van der Waals surface area contributed by atoms with E-state index in [2.05, 4.69) is 17.0 Å². The van der Waals surface area contributed by atoms with Gasteiger partial charge in [-0.05, 0) is 62.4 Å². The van der Waals surface area contributed by atoms with Crippen LogP contribution in [-0.4, -0.2) is 13.1 Å². The summed E-state index contributed by atoms with van der Waals surface area (Å²) in [5, 5.41) is 19.5. The number of rotatable bonds is 3. The van der Waals surface area contributed by atoms with Crippen LogP contribution in [0.15, 0.2) is 24.3 Å². The number of piperidine rings is 1. The van der Waals surface area contributed by atoms with E-state index < -0.39 is 0 Å². The maximum absolute atomic E-state index is 9.38. The average molecular weight is 366 g/mol. The molecular formula is C21H20ClN3O.